The zero-order valence-corrected chi connectivity index (χ0v) is 18.2. The number of nitrogens with zero attached hydrogens (tertiary/aromatic N) is 1. The van der Waals surface area contributed by atoms with Crippen molar-refractivity contribution in [2.24, 2.45) is 0 Å². The van der Waals surface area contributed by atoms with Crippen molar-refractivity contribution in [1.82, 2.24) is 4.90 Å². The van der Waals surface area contributed by atoms with Gasteiger partial charge in [0.25, 0.3) is 11.8 Å². The fraction of sp³-hybridized carbons (Fsp3) is 0.130. The number of nitrogens with one attached hydrogen (secondary N) is 1. The molecular formula is C23H18BrF3N2O2. The van der Waals surface area contributed by atoms with Gasteiger partial charge in [0, 0.05) is 18.6 Å². The summed E-state index contributed by atoms with van der Waals surface area (Å²) in [6.07, 6.45) is -4.74. The maximum absolute atomic E-state index is 13.8. The molecule has 1 N–H and O–H groups in total. The van der Waals surface area contributed by atoms with Gasteiger partial charge in [0.05, 0.1) is 22.4 Å². The Morgan fingerprint density at radius 2 is 1.55 bits per heavy atom. The van der Waals surface area contributed by atoms with Gasteiger partial charge in [-0.05, 0) is 45.3 Å². The predicted molar refractivity (Wildman–Crippen MR) is 117 cm³/mol. The van der Waals surface area contributed by atoms with E-state index in [0.717, 1.165) is 6.07 Å². The molecule has 0 saturated heterocycles. The Bertz CT molecular complexity index is 1130. The average molecular weight is 491 g/mol. The van der Waals surface area contributed by atoms with Crippen molar-refractivity contribution >= 4 is 33.4 Å². The van der Waals surface area contributed by atoms with Crippen LogP contribution in [-0.2, 0) is 6.18 Å². The number of carbonyl (C=O) groups excluding carboxylic acids is 2. The third kappa shape index (κ3) is 4.80. The molecule has 0 spiro atoms. The van der Waals surface area contributed by atoms with Crippen LogP contribution in [0.25, 0.3) is 11.1 Å². The van der Waals surface area contributed by atoms with Gasteiger partial charge in [-0.1, -0.05) is 48.5 Å². The quantitative estimate of drug-likeness (QED) is 0.481. The number of rotatable bonds is 4. The molecule has 2 amide bonds. The van der Waals surface area contributed by atoms with E-state index in [2.05, 4.69) is 21.2 Å². The lowest BCUT2D eigenvalue weighted by molar-refractivity contribution is -0.137. The first-order valence-electron chi connectivity index (χ1n) is 9.18. The Morgan fingerprint density at radius 1 is 0.903 bits per heavy atom. The lowest BCUT2D eigenvalue weighted by Crippen LogP contribution is -2.25. The molecule has 0 aliphatic carbocycles. The number of anilines is 1. The van der Waals surface area contributed by atoms with Gasteiger partial charge in [-0.25, -0.2) is 0 Å². The number of amides is 2. The second kappa shape index (κ2) is 8.93. The average Bonchev–Trinajstić information content (AvgIpc) is 2.74. The lowest BCUT2D eigenvalue weighted by atomic mass is 9.94. The van der Waals surface area contributed by atoms with Gasteiger partial charge in [-0.3, -0.25) is 9.59 Å². The van der Waals surface area contributed by atoms with Crippen LogP contribution in [0.1, 0.15) is 26.3 Å². The Morgan fingerprint density at radius 3 is 2.16 bits per heavy atom. The maximum atomic E-state index is 13.8. The van der Waals surface area contributed by atoms with Crippen LogP contribution in [-0.4, -0.2) is 30.8 Å². The minimum atomic E-state index is -4.74. The van der Waals surface area contributed by atoms with Crippen LogP contribution in [0.3, 0.4) is 0 Å². The fourth-order valence-corrected chi connectivity index (χ4v) is 3.60. The van der Waals surface area contributed by atoms with Crippen LogP contribution in [0, 0.1) is 0 Å². The molecule has 0 bridgehead atoms. The van der Waals surface area contributed by atoms with Crippen molar-refractivity contribution in [3.8, 4) is 11.1 Å². The largest absolute Gasteiger partial charge is 0.417 e. The first-order chi connectivity index (χ1) is 14.6. The third-order valence-electron chi connectivity index (χ3n) is 4.57. The van der Waals surface area contributed by atoms with Crippen molar-refractivity contribution < 1.29 is 22.8 Å². The summed E-state index contributed by atoms with van der Waals surface area (Å²) < 4.78 is 41.7. The van der Waals surface area contributed by atoms with Gasteiger partial charge in [0.15, 0.2) is 0 Å². The van der Waals surface area contributed by atoms with Crippen molar-refractivity contribution in [2.75, 3.05) is 19.4 Å². The topological polar surface area (TPSA) is 49.4 Å². The Labute approximate surface area is 185 Å². The highest BCUT2D eigenvalue weighted by atomic mass is 79.9. The molecule has 0 fully saturated rings. The second-order valence-electron chi connectivity index (χ2n) is 6.91. The lowest BCUT2D eigenvalue weighted by Gasteiger charge is -2.19. The van der Waals surface area contributed by atoms with E-state index in [9.17, 15) is 22.8 Å². The minimum absolute atomic E-state index is 0.0992. The summed E-state index contributed by atoms with van der Waals surface area (Å²) in [4.78, 5) is 27.1. The summed E-state index contributed by atoms with van der Waals surface area (Å²) in [6.45, 7) is 0. The van der Waals surface area contributed by atoms with Crippen LogP contribution in [0.15, 0.2) is 71.2 Å². The maximum Gasteiger partial charge on any atom is 0.417 e. The molecule has 0 radical (unpaired) electrons. The van der Waals surface area contributed by atoms with Gasteiger partial charge in [-0.2, -0.15) is 13.2 Å². The summed E-state index contributed by atoms with van der Waals surface area (Å²) in [5.41, 5.74) is -0.712. The standard InChI is InChI=1S/C23H18BrF3N2O2/c1-29(2)22(31)16-11-7-13-18(24)20(16)28-21(30)19-15(14-8-4-3-5-9-14)10-6-12-17(19)23(25,26)27/h3-13H,1-2H3,(H,28,30). The molecule has 31 heavy (non-hydrogen) atoms. The number of benzene rings is 3. The number of halogens is 4. The number of hydrogen-bond donors (Lipinski definition) is 1. The first kappa shape index (κ1) is 22.6. The molecule has 3 aromatic carbocycles. The van der Waals surface area contributed by atoms with E-state index < -0.39 is 29.1 Å². The molecular weight excluding hydrogens is 473 g/mol. The zero-order valence-electron chi connectivity index (χ0n) is 16.6. The van der Waals surface area contributed by atoms with Gasteiger partial charge in [-0.15, -0.1) is 0 Å². The third-order valence-corrected chi connectivity index (χ3v) is 5.23. The summed E-state index contributed by atoms with van der Waals surface area (Å²) in [7, 11) is 3.09. The van der Waals surface area contributed by atoms with E-state index in [1.807, 2.05) is 0 Å². The molecule has 8 heteroatoms. The number of alkyl halides is 3. The van der Waals surface area contributed by atoms with Crippen molar-refractivity contribution in [3.05, 3.63) is 87.9 Å². The van der Waals surface area contributed by atoms with E-state index in [4.69, 9.17) is 0 Å². The molecule has 0 heterocycles. The van der Waals surface area contributed by atoms with Gasteiger partial charge in [0.2, 0.25) is 0 Å². The van der Waals surface area contributed by atoms with Crippen LogP contribution in [0.2, 0.25) is 0 Å². The smallest absolute Gasteiger partial charge is 0.345 e. The summed E-state index contributed by atoms with van der Waals surface area (Å²) in [6, 6.07) is 16.6. The SMILES string of the molecule is CN(C)C(=O)c1cccc(Br)c1NC(=O)c1c(-c2ccccc2)cccc1C(F)(F)F. The van der Waals surface area contributed by atoms with Crippen LogP contribution in [0.5, 0.6) is 0 Å². The molecule has 0 atom stereocenters. The van der Waals surface area contributed by atoms with Gasteiger partial charge >= 0.3 is 6.18 Å². The molecule has 3 aromatic rings. The van der Waals surface area contributed by atoms with E-state index >= 15 is 0 Å². The van der Waals surface area contributed by atoms with E-state index in [1.54, 1.807) is 56.6 Å². The van der Waals surface area contributed by atoms with Gasteiger partial charge in [0.1, 0.15) is 0 Å². The Kier molecular flexibility index (Phi) is 6.50. The molecule has 0 aliphatic heterocycles. The zero-order chi connectivity index (χ0) is 22.8. The highest BCUT2D eigenvalue weighted by Gasteiger charge is 2.37. The van der Waals surface area contributed by atoms with E-state index in [0.29, 0.717) is 10.0 Å². The number of para-hydroxylation sites is 1. The molecule has 0 aliphatic rings. The number of hydrogen-bond acceptors (Lipinski definition) is 2. The molecule has 4 nitrogen and oxygen atoms in total. The summed E-state index contributed by atoms with van der Waals surface area (Å²) in [5, 5.41) is 2.52. The van der Waals surface area contributed by atoms with Crippen LogP contribution < -0.4 is 5.32 Å². The van der Waals surface area contributed by atoms with E-state index in [1.165, 1.54) is 23.1 Å². The molecule has 0 aromatic heterocycles. The minimum Gasteiger partial charge on any atom is -0.345 e. The highest BCUT2D eigenvalue weighted by molar-refractivity contribution is 9.10. The predicted octanol–water partition coefficient (Wildman–Crippen LogP) is 6.09. The summed E-state index contributed by atoms with van der Waals surface area (Å²) >= 11 is 3.28. The molecule has 3 rings (SSSR count). The second-order valence-corrected chi connectivity index (χ2v) is 7.76. The molecule has 0 saturated carbocycles. The Balaban J connectivity index is 2.17. The molecule has 0 unspecified atom stereocenters. The first-order valence-corrected chi connectivity index (χ1v) is 9.97. The number of carbonyl (C=O) groups is 2. The summed E-state index contributed by atoms with van der Waals surface area (Å²) in [5.74, 6) is -1.37. The normalized spacial score (nSPS) is 11.2. The van der Waals surface area contributed by atoms with Crippen LogP contribution in [0.4, 0.5) is 18.9 Å². The van der Waals surface area contributed by atoms with Crippen LogP contribution >= 0.6 is 15.9 Å². The van der Waals surface area contributed by atoms with Crippen molar-refractivity contribution in [2.45, 2.75) is 6.18 Å². The van der Waals surface area contributed by atoms with E-state index in [-0.39, 0.29) is 16.8 Å². The van der Waals surface area contributed by atoms with Crippen molar-refractivity contribution in [3.63, 3.8) is 0 Å². The molecule has 160 valence electrons. The van der Waals surface area contributed by atoms with Gasteiger partial charge < -0.3 is 10.2 Å². The monoisotopic (exact) mass is 490 g/mol. The fourth-order valence-electron chi connectivity index (χ4n) is 3.14. The highest BCUT2D eigenvalue weighted by Crippen LogP contribution is 2.38. The Hall–Kier alpha value is -3.13. The van der Waals surface area contributed by atoms with Crippen molar-refractivity contribution in [1.29, 1.82) is 0 Å².